The van der Waals surface area contributed by atoms with Crippen LogP contribution in [0.5, 0.6) is 0 Å². The lowest BCUT2D eigenvalue weighted by molar-refractivity contribution is -0.146. The van der Waals surface area contributed by atoms with Gasteiger partial charge in [-0.1, -0.05) is 44.2 Å². The number of fused-ring (bicyclic) bond motifs is 1. The predicted octanol–water partition coefficient (Wildman–Crippen LogP) is 2.02. The molecule has 0 saturated carbocycles. The lowest BCUT2D eigenvalue weighted by Crippen LogP contribution is -2.56. The highest BCUT2D eigenvalue weighted by atomic mass is 16.3. The van der Waals surface area contributed by atoms with Crippen LogP contribution in [0.4, 0.5) is 0 Å². The van der Waals surface area contributed by atoms with Gasteiger partial charge in [0.15, 0.2) is 0 Å². The molecule has 168 valence electrons. The molecule has 0 bridgehead atoms. The number of aryl methyl sites for hydroxylation is 2. The summed E-state index contributed by atoms with van der Waals surface area (Å²) >= 11 is 0. The van der Waals surface area contributed by atoms with Gasteiger partial charge in [-0.15, -0.1) is 0 Å². The molecular formula is C23H33N5O3. The highest BCUT2D eigenvalue weighted by Crippen LogP contribution is 2.36. The zero-order valence-corrected chi connectivity index (χ0v) is 18.8. The van der Waals surface area contributed by atoms with Crippen LogP contribution in [0.1, 0.15) is 56.3 Å². The van der Waals surface area contributed by atoms with E-state index in [0.717, 1.165) is 18.4 Å². The van der Waals surface area contributed by atoms with Gasteiger partial charge in [-0.05, 0) is 41.4 Å². The summed E-state index contributed by atoms with van der Waals surface area (Å²) in [6, 6.07) is 5.22. The molecule has 2 N–H and O–H groups in total. The Morgan fingerprint density at radius 1 is 1.19 bits per heavy atom. The molecule has 0 radical (unpaired) electrons. The van der Waals surface area contributed by atoms with Gasteiger partial charge >= 0.3 is 0 Å². The minimum atomic E-state index is -0.703. The Morgan fingerprint density at radius 2 is 1.94 bits per heavy atom. The van der Waals surface area contributed by atoms with Crippen molar-refractivity contribution in [1.82, 2.24) is 15.2 Å². The van der Waals surface area contributed by atoms with E-state index in [4.69, 9.17) is 0 Å². The molecule has 1 saturated heterocycles. The van der Waals surface area contributed by atoms with Crippen LogP contribution in [0, 0.1) is 5.41 Å². The van der Waals surface area contributed by atoms with Crippen molar-refractivity contribution < 1.29 is 14.7 Å². The van der Waals surface area contributed by atoms with Gasteiger partial charge in [0.1, 0.15) is 18.1 Å². The van der Waals surface area contributed by atoms with Crippen molar-refractivity contribution in [2.24, 2.45) is 15.8 Å². The number of carbonyl (C=O) groups excluding carboxylic acids is 2. The molecule has 1 fully saturated rings. The molecule has 2 aliphatic heterocycles. The van der Waals surface area contributed by atoms with Crippen LogP contribution in [0.3, 0.4) is 0 Å². The number of benzene rings is 1. The zero-order valence-electron chi connectivity index (χ0n) is 18.8. The quantitative estimate of drug-likeness (QED) is 0.768. The fourth-order valence-electron chi connectivity index (χ4n) is 5.08. The zero-order chi connectivity index (χ0) is 22.3. The number of carbonyl (C=O) groups is 2. The minimum absolute atomic E-state index is 0.109. The highest BCUT2D eigenvalue weighted by Gasteiger charge is 2.47. The standard InChI is InChI=1S/C23H33N5O3/c1-23(2,3)20(22(31)27-12-17(29)11-19(27)21(30)24-4)28-13-18(25-26-28)16-9-8-14-6-5-7-15(14)10-16/h8-10,17-20,29H,5-7,11-13H2,1-4H3,(H,24,30)/t17-,18?,19+,20-/m1/s1. The van der Waals surface area contributed by atoms with E-state index in [1.54, 1.807) is 12.1 Å². The first kappa shape index (κ1) is 21.7. The average Bonchev–Trinajstić information content (AvgIpc) is 3.44. The Morgan fingerprint density at radius 3 is 2.65 bits per heavy atom. The number of β-amino-alcohol motifs (C(OH)–C–C–N with tert-alkyl or cyclic N) is 1. The van der Waals surface area contributed by atoms with Crippen LogP contribution < -0.4 is 5.32 Å². The second-order valence-electron chi connectivity index (χ2n) is 10.0. The summed E-state index contributed by atoms with van der Waals surface area (Å²) in [4.78, 5) is 27.5. The number of nitrogens with one attached hydrogen (secondary N) is 1. The van der Waals surface area contributed by atoms with Gasteiger partial charge in [0.05, 0.1) is 12.6 Å². The summed E-state index contributed by atoms with van der Waals surface area (Å²) in [6.07, 6.45) is 3.00. The number of rotatable bonds is 4. The van der Waals surface area contributed by atoms with Crippen LogP contribution >= 0.6 is 0 Å². The van der Waals surface area contributed by atoms with Gasteiger partial charge in [-0.3, -0.25) is 14.6 Å². The normalized spacial score (nSPS) is 26.3. The molecule has 1 aliphatic carbocycles. The van der Waals surface area contributed by atoms with Crippen molar-refractivity contribution in [2.75, 3.05) is 20.1 Å². The summed E-state index contributed by atoms with van der Waals surface area (Å²) in [7, 11) is 1.55. The molecule has 2 amide bonds. The maximum Gasteiger partial charge on any atom is 0.248 e. The summed E-state index contributed by atoms with van der Waals surface area (Å²) in [5, 5.41) is 23.4. The van der Waals surface area contributed by atoms with Crippen molar-refractivity contribution in [1.29, 1.82) is 0 Å². The van der Waals surface area contributed by atoms with Gasteiger partial charge in [0, 0.05) is 20.0 Å². The summed E-state index contributed by atoms with van der Waals surface area (Å²) < 4.78 is 0. The second-order valence-corrected chi connectivity index (χ2v) is 10.0. The Balaban J connectivity index is 1.54. The fourth-order valence-corrected chi connectivity index (χ4v) is 5.08. The maximum absolute atomic E-state index is 13.6. The molecule has 1 unspecified atom stereocenters. The number of likely N-dealkylation sites (N-methyl/N-ethyl adjacent to an activating group) is 1. The van der Waals surface area contributed by atoms with Crippen molar-refractivity contribution in [3.05, 3.63) is 34.9 Å². The van der Waals surface area contributed by atoms with Gasteiger partial charge in [0.2, 0.25) is 11.8 Å². The largest absolute Gasteiger partial charge is 0.391 e. The molecule has 3 aliphatic rings. The monoisotopic (exact) mass is 427 g/mol. The fraction of sp³-hybridized carbons (Fsp3) is 0.652. The van der Waals surface area contributed by atoms with Gasteiger partial charge < -0.3 is 15.3 Å². The molecule has 0 spiro atoms. The van der Waals surface area contributed by atoms with E-state index in [0.29, 0.717) is 6.54 Å². The average molecular weight is 428 g/mol. The first-order chi connectivity index (χ1) is 14.7. The van der Waals surface area contributed by atoms with E-state index in [9.17, 15) is 14.7 Å². The van der Waals surface area contributed by atoms with Crippen LogP contribution in [0.25, 0.3) is 0 Å². The number of hydrogen-bond acceptors (Lipinski definition) is 6. The van der Waals surface area contributed by atoms with Crippen LogP contribution in [-0.4, -0.2) is 65.2 Å². The topological polar surface area (TPSA) is 97.6 Å². The van der Waals surface area contributed by atoms with Crippen LogP contribution in [-0.2, 0) is 22.4 Å². The molecule has 8 heteroatoms. The van der Waals surface area contributed by atoms with E-state index in [1.807, 2.05) is 20.8 Å². The third kappa shape index (κ3) is 4.18. The third-order valence-electron chi connectivity index (χ3n) is 6.64. The summed E-state index contributed by atoms with van der Waals surface area (Å²) in [5.74, 6) is -0.442. The Kier molecular flexibility index (Phi) is 5.77. The Hall–Kier alpha value is -2.48. The predicted molar refractivity (Wildman–Crippen MR) is 116 cm³/mol. The lowest BCUT2D eigenvalue weighted by atomic mass is 9.85. The first-order valence-corrected chi connectivity index (χ1v) is 11.2. The number of aliphatic hydroxyl groups is 1. The van der Waals surface area contributed by atoms with E-state index >= 15 is 0 Å². The highest BCUT2D eigenvalue weighted by molar-refractivity contribution is 5.90. The summed E-state index contributed by atoms with van der Waals surface area (Å²) in [6.45, 7) is 6.66. The number of likely N-dealkylation sites (tertiary alicyclic amines) is 1. The number of amides is 2. The molecule has 1 aromatic rings. The van der Waals surface area contributed by atoms with Crippen molar-refractivity contribution in [2.45, 2.75) is 70.7 Å². The van der Waals surface area contributed by atoms with Crippen molar-refractivity contribution >= 4 is 11.8 Å². The van der Waals surface area contributed by atoms with E-state index in [-0.39, 0.29) is 30.8 Å². The van der Waals surface area contributed by atoms with Crippen molar-refractivity contribution in [3.8, 4) is 0 Å². The molecule has 1 aromatic carbocycles. The Labute approximate surface area is 183 Å². The summed E-state index contributed by atoms with van der Waals surface area (Å²) in [5.41, 5.74) is 3.52. The molecule has 4 rings (SSSR count). The number of nitrogens with zero attached hydrogens (tertiary/aromatic N) is 4. The molecule has 31 heavy (non-hydrogen) atoms. The molecule has 2 heterocycles. The Bertz CT molecular complexity index is 894. The maximum atomic E-state index is 13.6. The third-order valence-corrected chi connectivity index (χ3v) is 6.64. The number of aliphatic hydroxyl groups excluding tert-OH is 1. The van der Waals surface area contributed by atoms with E-state index in [1.165, 1.54) is 22.4 Å². The minimum Gasteiger partial charge on any atom is -0.391 e. The first-order valence-electron chi connectivity index (χ1n) is 11.2. The smallest absolute Gasteiger partial charge is 0.248 e. The molecular weight excluding hydrogens is 394 g/mol. The SMILES string of the molecule is CNC(=O)[C@@H]1C[C@@H](O)CN1C(=O)[C@@H](N1CC(c2ccc3c(c2)CCC3)N=N1)C(C)(C)C. The van der Waals surface area contributed by atoms with Gasteiger partial charge in [0.25, 0.3) is 0 Å². The molecule has 0 aromatic heterocycles. The molecule has 8 nitrogen and oxygen atoms in total. The van der Waals surface area contributed by atoms with Crippen LogP contribution in [0.15, 0.2) is 28.5 Å². The van der Waals surface area contributed by atoms with Crippen LogP contribution in [0.2, 0.25) is 0 Å². The lowest BCUT2D eigenvalue weighted by Gasteiger charge is -2.38. The second kappa shape index (κ2) is 8.22. The van der Waals surface area contributed by atoms with Gasteiger partial charge in [-0.25, -0.2) is 0 Å². The van der Waals surface area contributed by atoms with Gasteiger partial charge in [-0.2, -0.15) is 5.11 Å². The van der Waals surface area contributed by atoms with Crippen molar-refractivity contribution in [3.63, 3.8) is 0 Å². The van der Waals surface area contributed by atoms with E-state index < -0.39 is 23.6 Å². The van der Waals surface area contributed by atoms with E-state index in [2.05, 4.69) is 33.9 Å². The number of hydrogen-bond donors (Lipinski definition) is 2. The molecule has 4 atom stereocenters.